The molecule has 0 aliphatic rings. The van der Waals surface area contributed by atoms with Gasteiger partial charge in [0.05, 0.1) is 20.1 Å². The molecule has 0 radical (unpaired) electrons. The van der Waals surface area contributed by atoms with Gasteiger partial charge in [0, 0.05) is 6.54 Å². The topological polar surface area (TPSA) is 86.2 Å². The Hall–Kier alpha value is -1.63. The Morgan fingerprint density at radius 2 is 2.18 bits per heavy atom. The lowest BCUT2D eigenvalue weighted by Gasteiger charge is -2.06. The number of rotatable bonds is 6. The number of aromatic nitrogens is 3. The van der Waals surface area contributed by atoms with Gasteiger partial charge in [0.2, 0.25) is 11.2 Å². The van der Waals surface area contributed by atoms with Gasteiger partial charge in [-0.3, -0.25) is 4.79 Å². The molecule has 0 aromatic carbocycles. The average molecular weight is 261 g/mol. The number of halogens is 1. The number of ether oxygens (including phenoxy) is 2. The van der Waals surface area contributed by atoms with E-state index in [1.54, 1.807) is 0 Å². The summed E-state index contributed by atoms with van der Waals surface area (Å²) in [6, 6.07) is 0.146. The Bertz CT molecular complexity index is 389. The van der Waals surface area contributed by atoms with Crippen LogP contribution in [0.25, 0.3) is 0 Å². The highest BCUT2D eigenvalue weighted by Gasteiger charge is 2.06. The molecule has 0 saturated heterocycles. The first kappa shape index (κ1) is 13.4. The highest BCUT2D eigenvalue weighted by Crippen LogP contribution is 2.11. The van der Waals surface area contributed by atoms with Gasteiger partial charge in [-0.05, 0) is 18.5 Å². The number of nitrogens with zero attached hydrogens (tertiary/aromatic N) is 3. The van der Waals surface area contributed by atoms with E-state index >= 15 is 0 Å². The van der Waals surface area contributed by atoms with Gasteiger partial charge < -0.3 is 14.8 Å². The molecule has 0 aliphatic carbocycles. The zero-order chi connectivity index (χ0) is 12.7. The number of nitrogens with one attached hydrogen (secondary N) is 1. The van der Waals surface area contributed by atoms with E-state index < -0.39 is 0 Å². The summed E-state index contributed by atoms with van der Waals surface area (Å²) in [6.45, 7) is 2.59. The zero-order valence-corrected chi connectivity index (χ0v) is 10.3. The molecule has 7 nitrogen and oxygen atoms in total. The minimum atomic E-state index is -0.317. The molecule has 0 saturated carbocycles. The van der Waals surface area contributed by atoms with Crippen molar-refractivity contribution in [2.75, 3.05) is 25.6 Å². The van der Waals surface area contributed by atoms with Crippen molar-refractivity contribution < 1.29 is 14.3 Å². The first-order valence-corrected chi connectivity index (χ1v) is 5.38. The molecule has 17 heavy (non-hydrogen) atoms. The summed E-state index contributed by atoms with van der Waals surface area (Å²) in [5, 5.41) is 2.85. The van der Waals surface area contributed by atoms with Gasteiger partial charge in [0.15, 0.2) is 0 Å². The van der Waals surface area contributed by atoms with Gasteiger partial charge in [-0.25, -0.2) is 0 Å². The van der Waals surface area contributed by atoms with Crippen molar-refractivity contribution in [2.24, 2.45) is 0 Å². The second-order valence-electron chi connectivity index (χ2n) is 2.90. The minimum absolute atomic E-state index is 0.0315. The second kappa shape index (κ2) is 6.85. The fourth-order valence-corrected chi connectivity index (χ4v) is 1.14. The maximum absolute atomic E-state index is 10.9. The molecule has 8 heteroatoms. The standard InChI is InChI=1S/C9H13ClN4O3/c1-3-17-9-13-7(10)12-8(14-9)11-5-4-6(15)16-2/h3-5H2,1-2H3,(H,11,12,13,14). The molecule has 0 atom stereocenters. The van der Waals surface area contributed by atoms with Crippen molar-refractivity contribution in [1.29, 1.82) is 0 Å². The van der Waals surface area contributed by atoms with Crippen molar-refractivity contribution >= 4 is 23.5 Å². The molecular weight excluding hydrogens is 248 g/mol. The van der Waals surface area contributed by atoms with Crippen molar-refractivity contribution in [1.82, 2.24) is 15.0 Å². The summed E-state index contributed by atoms with van der Waals surface area (Å²) in [5.74, 6) is -0.0555. The molecule has 0 aliphatic heterocycles. The average Bonchev–Trinajstić information content (AvgIpc) is 2.28. The van der Waals surface area contributed by atoms with Crippen LogP contribution in [0, 0.1) is 0 Å². The third-order valence-electron chi connectivity index (χ3n) is 1.70. The Balaban J connectivity index is 2.55. The summed E-state index contributed by atoms with van der Waals surface area (Å²) in [6.07, 6.45) is 0.212. The monoisotopic (exact) mass is 260 g/mol. The van der Waals surface area contributed by atoms with Crippen LogP contribution in [-0.2, 0) is 9.53 Å². The van der Waals surface area contributed by atoms with Gasteiger partial charge in [-0.2, -0.15) is 15.0 Å². The van der Waals surface area contributed by atoms with E-state index in [2.05, 4.69) is 25.0 Å². The molecule has 0 bridgehead atoms. The Labute approximate surface area is 104 Å². The van der Waals surface area contributed by atoms with E-state index in [9.17, 15) is 4.79 Å². The molecule has 1 rings (SSSR count). The van der Waals surface area contributed by atoms with E-state index in [0.29, 0.717) is 13.2 Å². The van der Waals surface area contributed by atoms with Crippen molar-refractivity contribution in [3.8, 4) is 6.01 Å². The molecule has 0 spiro atoms. The lowest BCUT2D eigenvalue weighted by molar-refractivity contribution is -0.140. The SMILES string of the molecule is CCOc1nc(Cl)nc(NCCC(=O)OC)n1. The van der Waals surface area contributed by atoms with Crippen LogP contribution in [0.1, 0.15) is 13.3 Å². The van der Waals surface area contributed by atoms with Crippen LogP contribution >= 0.6 is 11.6 Å². The Kier molecular flexibility index (Phi) is 5.41. The van der Waals surface area contributed by atoms with Crippen molar-refractivity contribution in [3.05, 3.63) is 5.28 Å². The maximum atomic E-state index is 10.9. The molecule has 94 valence electrons. The zero-order valence-electron chi connectivity index (χ0n) is 9.57. The summed E-state index contributed by atoms with van der Waals surface area (Å²) in [4.78, 5) is 22.4. The van der Waals surface area contributed by atoms with Crippen molar-refractivity contribution in [2.45, 2.75) is 13.3 Å². The van der Waals surface area contributed by atoms with Crippen LogP contribution in [0.2, 0.25) is 5.28 Å². The van der Waals surface area contributed by atoms with E-state index in [-0.39, 0.29) is 29.6 Å². The first-order valence-electron chi connectivity index (χ1n) is 5.00. The molecule has 0 amide bonds. The van der Waals surface area contributed by atoms with Crippen molar-refractivity contribution in [3.63, 3.8) is 0 Å². The predicted molar refractivity (Wildman–Crippen MR) is 61.1 cm³/mol. The first-order chi connectivity index (χ1) is 8.15. The number of methoxy groups -OCH3 is 1. The maximum Gasteiger partial charge on any atom is 0.322 e. The van der Waals surface area contributed by atoms with E-state index in [1.807, 2.05) is 6.92 Å². The molecular formula is C9H13ClN4O3. The quantitative estimate of drug-likeness (QED) is 0.761. The largest absolute Gasteiger partial charge is 0.469 e. The predicted octanol–water partition coefficient (Wildman–Crippen LogP) is 0.899. The minimum Gasteiger partial charge on any atom is -0.469 e. The van der Waals surface area contributed by atoms with Crippen LogP contribution in [0.3, 0.4) is 0 Å². The smallest absolute Gasteiger partial charge is 0.322 e. The molecule has 0 fully saturated rings. The molecule has 1 N–H and O–H groups in total. The van der Waals surface area contributed by atoms with Gasteiger partial charge in [-0.1, -0.05) is 0 Å². The van der Waals surface area contributed by atoms with E-state index in [1.165, 1.54) is 7.11 Å². The summed E-state index contributed by atoms with van der Waals surface area (Å²) >= 11 is 5.68. The summed E-state index contributed by atoms with van der Waals surface area (Å²) < 4.78 is 9.59. The lowest BCUT2D eigenvalue weighted by atomic mass is 10.4. The number of hydrogen-bond donors (Lipinski definition) is 1. The fourth-order valence-electron chi connectivity index (χ4n) is 0.983. The Morgan fingerprint density at radius 3 is 2.82 bits per heavy atom. The summed E-state index contributed by atoms with van der Waals surface area (Å²) in [7, 11) is 1.33. The normalized spacial score (nSPS) is 9.82. The van der Waals surface area contributed by atoms with Crippen LogP contribution in [0.5, 0.6) is 6.01 Å². The highest BCUT2D eigenvalue weighted by atomic mass is 35.5. The van der Waals surface area contributed by atoms with Crippen LogP contribution < -0.4 is 10.1 Å². The fraction of sp³-hybridized carbons (Fsp3) is 0.556. The molecule has 1 aromatic heterocycles. The number of esters is 1. The summed E-state index contributed by atoms with van der Waals surface area (Å²) in [5.41, 5.74) is 0. The van der Waals surface area contributed by atoms with Crippen LogP contribution in [-0.4, -0.2) is 41.2 Å². The van der Waals surface area contributed by atoms with Gasteiger partial charge in [-0.15, -0.1) is 0 Å². The number of carbonyl (C=O) groups is 1. The molecule has 1 heterocycles. The third-order valence-corrected chi connectivity index (χ3v) is 1.87. The molecule has 1 aromatic rings. The van der Waals surface area contributed by atoms with Crippen LogP contribution in [0.15, 0.2) is 0 Å². The van der Waals surface area contributed by atoms with Gasteiger partial charge in [0.25, 0.3) is 0 Å². The van der Waals surface area contributed by atoms with Crippen LogP contribution in [0.4, 0.5) is 5.95 Å². The van der Waals surface area contributed by atoms with E-state index in [0.717, 1.165) is 0 Å². The van der Waals surface area contributed by atoms with E-state index in [4.69, 9.17) is 16.3 Å². The van der Waals surface area contributed by atoms with Gasteiger partial charge >= 0.3 is 12.0 Å². The Morgan fingerprint density at radius 1 is 1.41 bits per heavy atom. The highest BCUT2D eigenvalue weighted by molar-refractivity contribution is 6.28. The molecule has 0 unspecified atom stereocenters. The number of anilines is 1. The van der Waals surface area contributed by atoms with Gasteiger partial charge in [0.1, 0.15) is 0 Å². The second-order valence-corrected chi connectivity index (χ2v) is 3.23. The third kappa shape index (κ3) is 4.81. The number of hydrogen-bond acceptors (Lipinski definition) is 7. The lowest BCUT2D eigenvalue weighted by Crippen LogP contribution is -2.12. The number of carbonyl (C=O) groups excluding carboxylic acids is 1.